The van der Waals surface area contributed by atoms with E-state index >= 15 is 0 Å². The summed E-state index contributed by atoms with van der Waals surface area (Å²) in [5.74, 6) is 0.617. The zero-order valence-electron chi connectivity index (χ0n) is 17.8. The molecule has 0 aromatic heterocycles. The number of carbonyl (C=O) groups excluding carboxylic acids is 1. The number of hydrogen-bond acceptors (Lipinski definition) is 6. The molecule has 0 saturated carbocycles. The van der Waals surface area contributed by atoms with Gasteiger partial charge in [0.15, 0.2) is 11.5 Å². The average Bonchev–Trinajstić information content (AvgIpc) is 2.80. The summed E-state index contributed by atoms with van der Waals surface area (Å²) in [6.07, 6.45) is 1.46. The number of nitro benzene ring substituents is 1. The Hall–Kier alpha value is -4.20. The topological polar surface area (TPSA) is 103 Å². The molecule has 0 aliphatic heterocycles. The minimum Gasteiger partial charge on any atom is -0.490 e. The van der Waals surface area contributed by atoms with E-state index in [0.29, 0.717) is 30.3 Å². The number of nitrogens with one attached hydrogen (secondary N) is 1. The zero-order valence-corrected chi connectivity index (χ0v) is 17.8. The SMILES string of the molecule is CCOc1cc(C=NNC(=O)c2cccc([N+](=O)[O-])c2)ccc1OCc1ccc(C)cc1. The Morgan fingerprint density at radius 2 is 1.84 bits per heavy atom. The molecule has 0 saturated heterocycles. The summed E-state index contributed by atoms with van der Waals surface area (Å²) in [6, 6.07) is 18.9. The summed E-state index contributed by atoms with van der Waals surface area (Å²) in [6.45, 7) is 4.78. The highest BCUT2D eigenvalue weighted by atomic mass is 16.6. The van der Waals surface area contributed by atoms with Crippen molar-refractivity contribution in [3.05, 3.63) is 99.1 Å². The van der Waals surface area contributed by atoms with Gasteiger partial charge < -0.3 is 9.47 Å². The first-order chi connectivity index (χ1) is 15.5. The number of hydrazone groups is 1. The third kappa shape index (κ3) is 6.15. The lowest BCUT2D eigenvalue weighted by Gasteiger charge is -2.12. The number of ether oxygens (including phenoxy) is 2. The first kappa shape index (κ1) is 22.5. The number of hydrogen-bond donors (Lipinski definition) is 1. The number of carbonyl (C=O) groups is 1. The van der Waals surface area contributed by atoms with Gasteiger partial charge in [0.25, 0.3) is 11.6 Å². The van der Waals surface area contributed by atoms with E-state index in [-0.39, 0.29) is 11.3 Å². The first-order valence-electron chi connectivity index (χ1n) is 9.99. The fourth-order valence-corrected chi connectivity index (χ4v) is 2.83. The van der Waals surface area contributed by atoms with Crippen LogP contribution in [0.15, 0.2) is 71.8 Å². The molecule has 0 bridgehead atoms. The maximum absolute atomic E-state index is 12.2. The Morgan fingerprint density at radius 3 is 2.56 bits per heavy atom. The lowest BCUT2D eigenvalue weighted by Crippen LogP contribution is -2.17. The van der Waals surface area contributed by atoms with Crippen LogP contribution in [0.3, 0.4) is 0 Å². The lowest BCUT2D eigenvalue weighted by atomic mass is 10.2. The molecule has 164 valence electrons. The van der Waals surface area contributed by atoms with Gasteiger partial charge in [0.05, 0.1) is 17.7 Å². The number of non-ortho nitro benzene ring substituents is 1. The van der Waals surface area contributed by atoms with Crippen molar-refractivity contribution in [1.29, 1.82) is 0 Å². The molecule has 0 unspecified atom stereocenters. The highest BCUT2D eigenvalue weighted by Gasteiger charge is 2.11. The van der Waals surface area contributed by atoms with Gasteiger partial charge in [-0.1, -0.05) is 35.9 Å². The summed E-state index contributed by atoms with van der Waals surface area (Å²) in [7, 11) is 0. The first-order valence-corrected chi connectivity index (χ1v) is 9.99. The number of amides is 1. The van der Waals surface area contributed by atoms with Crippen molar-refractivity contribution in [3.8, 4) is 11.5 Å². The van der Waals surface area contributed by atoms with E-state index in [4.69, 9.17) is 9.47 Å². The molecule has 0 radical (unpaired) electrons. The quantitative estimate of drug-likeness (QED) is 0.301. The van der Waals surface area contributed by atoms with E-state index in [2.05, 4.69) is 10.5 Å². The van der Waals surface area contributed by atoms with Crippen molar-refractivity contribution in [3.63, 3.8) is 0 Å². The zero-order chi connectivity index (χ0) is 22.9. The Balaban J connectivity index is 1.65. The Morgan fingerprint density at radius 1 is 1.06 bits per heavy atom. The van der Waals surface area contributed by atoms with Crippen molar-refractivity contribution < 1.29 is 19.2 Å². The van der Waals surface area contributed by atoms with Crippen LogP contribution in [-0.4, -0.2) is 23.7 Å². The molecule has 3 aromatic carbocycles. The molecule has 0 spiro atoms. The molecule has 8 nitrogen and oxygen atoms in total. The molecule has 0 aliphatic carbocycles. The van der Waals surface area contributed by atoms with Crippen molar-refractivity contribution in [2.24, 2.45) is 5.10 Å². The fourth-order valence-electron chi connectivity index (χ4n) is 2.83. The van der Waals surface area contributed by atoms with Crippen LogP contribution in [0.2, 0.25) is 0 Å². The number of nitro groups is 1. The lowest BCUT2D eigenvalue weighted by molar-refractivity contribution is -0.384. The van der Waals surface area contributed by atoms with Crippen LogP contribution in [0.1, 0.15) is 34.0 Å². The monoisotopic (exact) mass is 433 g/mol. The van der Waals surface area contributed by atoms with Crippen molar-refractivity contribution in [2.75, 3.05) is 6.61 Å². The van der Waals surface area contributed by atoms with Gasteiger partial charge in [-0.25, -0.2) is 5.43 Å². The van der Waals surface area contributed by atoms with Crippen molar-refractivity contribution in [2.45, 2.75) is 20.5 Å². The van der Waals surface area contributed by atoms with Crippen LogP contribution >= 0.6 is 0 Å². The number of aryl methyl sites for hydroxylation is 1. The molecule has 1 amide bonds. The van der Waals surface area contributed by atoms with E-state index in [0.717, 1.165) is 5.56 Å². The van der Waals surface area contributed by atoms with Gasteiger partial charge in [-0.3, -0.25) is 14.9 Å². The molecule has 0 atom stereocenters. The third-order valence-corrected chi connectivity index (χ3v) is 4.48. The van der Waals surface area contributed by atoms with Crippen LogP contribution in [0.25, 0.3) is 0 Å². The Bertz CT molecular complexity index is 1130. The largest absolute Gasteiger partial charge is 0.490 e. The van der Waals surface area contributed by atoms with Gasteiger partial charge >= 0.3 is 0 Å². The van der Waals surface area contributed by atoms with E-state index in [1.54, 1.807) is 18.2 Å². The van der Waals surface area contributed by atoms with Crippen LogP contribution in [0, 0.1) is 17.0 Å². The van der Waals surface area contributed by atoms with E-state index < -0.39 is 10.8 Å². The molecule has 3 aromatic rings. The number of benzene rings is 3. The van der Waals surface area contributed by atoms with Gasteiger partial charge in [-0.05, 0) is 49.2 Å². The summed E-state index contributed by atoms with van der Waals surface area (Å²) in [5.41, 5.74) is 5.27. The Kier molecular flexibility index (Phi) is 7.53. The molecule has 8 heteroatoms. The number of nitrogens with zero attached hydrogens (tertiary/aromatic N) is 2. The van der Waals surface area contributed by atoms with Gasteiger partial charge in [-0.15, -0.1) is 0 Å². The molecule has 3 rings (SSSR count). The smallest absolute Gasteiger partial charge is 0.271 e. The highest BCUT2D eigenvalue weighted by Crippen LogP contribution is 2.29. The van der Waals surface area contributed by atoms with Crippen LogP contribution in [-0.2, 0) is 6.61 Å². The summed E-state index contributed by atoms with van der Waals surface area (Å²) < 4.78 is 11.6. The number of rotatable bonds is 9. The Labute approximate surface area is 185 Å². The predicted octanol–water partition coefficient (Wildman–Crippen LogP) is 4.64. The third-order valence-electron chi connectivity index (χ3n) is 4.48. The maximum Gasteiger partial charge on any atom is 0.271 e. The molecule has 0 fully saturated rings. The fraction of sp³-hybridized carbons (Fsp3) is 0.167. The summed E-state index contributed by atoms with van der Waals surface area (Å²) >= 11 is 0. The van der Waals surface area contributed by atoms with E-state index in [9.17, 15) is 14.9 Å². The second kappa shape index (κ2) is 10.7. The molecule has 32 heavy (non-hydrogen) atoms. The van der Waals surface area contributed by atoms with Crippen LogP contribution in [0.5, 0.6) is 11.5 Å². The minimum atomic E-state index is -0.558. The standard InChI is InChI=1S/C24H23N3O5/c1-3-31-23-13-19(11-12-22(23)32-16-18-9-7-17(2)8-10-18)15-25-26-24(28)20-5-4-6-21(14-20)27(29)30/h4-15H,3,16H2,1-2H3,(H,26,28). The van der Waals surface area contributed by atoms with Crippen LogP contribution in [0.4, 0.5) is 5.69 Å². The van der Waals surface area contributed by atoms with Gasteiger partial charge in [0.1, 0.15) is 6.61 Å². The summed E-state index contributed by atoms with van der Waals surface area (Å²) in [5, 5.41) is 14.8. The maximum atomic E-state index is 12.2. The van der Waals surface area contributed by atoms with Gasteiger partial charge in [0, 0.05) is 17.7 Å². The normalized spacial score (nSPS) is 10.7. The molecule has 0 heterocycles. The van der Waals surface area contributed by atoms with Crippen molar-refractivity contribution in [1.82, 2.24) is 5.43 Å². The highest BCUT2D eigenvalue weighted by molar-refractivity contribution is 5.95. The van der Waals surface area contributed by atoms with Gasteiger partial charge in [0.2, 0.25) is 0 Å². The predicted molar refractivity (Wildman–Crippen MR) is 121 cm³/mol. The van der Waals surface area contributed by atoms with E-state index in [1.807, 2.05) is 38.1 Å². The summed E-state index contributed by atoms with van der Waals surface area (Å²) in [4.78, 5) is 22.5. The minimum absolute atomic E-state index is 0.145. The van der Waals surface area contributed by atoms with Crippen molar-refractivity contribution >= 4 is 17.8 Å². The average molecular weight is 433 g/mol. The molecule has 1 N–H and O–H groups in total. The van der Waals surface area contributed by atoms with Gasteiger partial charge in [-0.2, -0.15) is 5.10 Å². The molecular weight excluding hydrogens is 410 g/mol. The second-order valence-electron chi connectivity index (χ2n) is 6.92. The van der Waals surface area contributed by atoms with E-state index in [1.165, 1.54) is 36.0 Å². The van der Waals surface area contributed by atoms with Crippen LogP contribution < -0.4 is 14.9 Å². The molecule has 0 aliphatic rings. The molecular formula is C24H23N3O5. The second-order valence-corrected chi connectivity index (χ2v) is 6.92.